The lowest BCUT2D eigenvalue weighted by Crippen LogP contribution is -2.57. The smallest absolute Gasteiger partial charge is 0.326 e. The van der Waals surface area contributed by atoms with Gasteiger partial charge in [-0.25, -0.2) is 4.79 Å². The molecule has 0 aliphatic heterocycles. The maximum Gasteiger partial charge on any atom is 0.326 e. The number of amides is 4. The molecule has 4 unspecified atom stereocenters. The highest BCUT2D eigenvalue weighted by molar-refractivity contribution is 5.94. The average molecular weight is 535 g/mol. The molecule has 0 heterocycles. The second kappa shape index (κ2) is 17.1. The van der Waals surface area contributed by atoms with E-state index in [9.17, 15) is 29.1 Å². The van der Waals surface area contributed by atoms with Crippen LogP contribution in [0.25, 0.3) is 0 Å². The summed E-state index contributed by atoms with van der Waals surface area (Å²) in [5.41, 5.74) is 17.6. The number of nitrogens with one attached hydrogen (secondary N) is 3. The Morgan fingerprint density at radius 3 is 1.97 bits per heavy atom. The minimum absolute atomic E-state index is 0.0236. The fourth-order valence-corrected chi connectivity index (χ4v) is 3.79. The second-order valence-electron chi connectivity index (χ2n) is 9.74. The van der Waals surface area contributed by atoms with E-state index in [1.165, 1.54) is 0 Å². The third-order valence-electron chi connectivity index (χ3n) is 5.85. The van der Waals surface area contributed by atoms with Gasteiger partial charge < -0.3 is 38.3 Å². The van der Waals surface area contributed by atoms with E-state index >= 15 is 0 Å². The van der Waals surface area contributed by atoms with Crippen molar-refractivity contribution in [3.63, 3.8) is 0 Å². The van der Waals surface area contributed by atoms with Gasteiger partial charge in [-0.3, -0.25) is 19.2 Å². The zero-order chi connectivity index (χ0) is 28.7. The Hall–Kier alpha value is -3.51. The lowest BCUT2D eigenvalue weighted by molar-refractivity contribution is -0.142. The van der Waals surface area contributed by atoms with E-state index in [4.69, 9.17) is 17.2 Å². The zero-order valence-corrected chi connectivity index (χ0v) is 22.2. The molecule has 1 aromatic carbocycles. The maximum absolute atomic E-state index is 13.2. The molecule has 0 aromatic heterocycles. The quantitative estimate of drug-likeness (QED) is 0.122. The first-order valence-electron chi connectivity index (χ1n) is 12.9. The Morgan fingerprint density at radius 2 is 1.42 bits per heavy atom. The predicted octanol–water partition coefficient (Wildman–Crippen LogP) is -0.464. The molecule has 0 aliphatic rings. The Labute approximate surface area is 223 Å². The molecule has 10 N–H and O–H groups in total. The van der Waals surface area contributed by atoms with Gasteiger partial charge in [0.25, 0.3) is 0 Å². The summed E-state index contributed by atoms with van der Waals surface area (Å²) in [6, 6.07) is 4.96. The van der Waals surface area contributed by atoms with Crippen LogP contribution in [0.15, 0.2) is 30.3 Å². The maximum atomic E-state index is 13.2. The summed E-state index contributed by atoms with van der Waals surface area (Å²) in [7, 11) is 0. The molecule has 12 heteroatoms. The molecule has 0 aliphatic carbocycles. The van der Waals surface area contributed by atoms with Crippen LogP contribution >= 0.6 is 0 Å². The monoisotopic (exact) mass is 534 g/mol. The van der Waals surface area contributed by atoms with Gasteiger partial charge in [-0.1, -0.05) is 44.2 Å². The fourth-order valence-electron chi connectivity index (χ4n) is 3.79. The molecule has 38 heavy (non-hydrogen) atoms. The summed E-state index contributed by atoms with van der Waals surface area (Å²) in [6.07, 6.45) is 1.55. The van der Waals surface area contributed by atoms with E-state index in [0.717, 1.165) is 5.56 Å². The van der Waals surface area contributed by atoms with E-state index in [0.29, 0.717) is 19.4 Å². The van der Waals surface area contributed by atoms with Crippen molar-refractivity contribution in [2.45, 2.75) is 83.0 Å². The molecule has 0 saturated heterocycles. The lowest BCUT2D eigenvalue weighted by Gasteiger charge is -2.26. The first-order valence-corrected chi connectivity index (χ1v) is 12.9. The number of carbonyl (C=O) groups excluding carboxylic acids is 4. The molecule has 4 atom stereocenters. The van der Waals surface area contributed by atoms with Crippen LogP contribution < -0.4 is 33.2 Å². The number of hydrogen-bond acceptors (Lipinski definition) is 7. The molecule has 1 rings (SSSR count). The van der Waals surface area contributed by atoms with E-state index in [1.54, 1.807) is 0 Å². The number of aliphatic carboxylic acids is 1. The third kappa shape index (κ3) is 12.6. The van der Waals surface area contributed by atoms with Gasteiger partial charge in [-0.2, -0.15) is 0 Å². The minimum Gasteiger partial charge on any atom is -0.480 e. The Morgan fingerprint density at radius 1 is 0.842 bits per heavy atom. The number of primary amides is 1. The number of benzene rings is 1. The van der Waals surface area contributed by atoms with Gasteiger partial charge in [0, 0.05) is 6.42 Å². The summed E-state index contributed by atoms with van der Waals surface area (Å²) in [6.45, 7) is 4.10. The molecule has 0 saturated carbocycles. The van der Waals surface area contributed by atoms with Crippen LogP contribution in [0.5, 0.6) is 0 Å². The highest BCUT2D eigenvalue weighted by Gasteiger charge is 2.30. The third-order valence-corrected chi connectivity index (χ3v) is 5.85. The molecular formula is C26H42N6O6. The molecule has 0 bridgehead atoms. The van der Waals surface area contributed by atoms with Gasteiger partial charge in [0.05, 0.1) is 6.04 Å². The number of hydrogen-bond donors (Lipinski definition) is 7. The van der Waals surface area contributed by atoms with E-state index in [-0.39, 0.29) is 38.0 Å². The number of carbonyl (C=O) groups is 5. The van der Waals surface area contributed by atoms with Crippen molar-refractivity contribution in [1.82, 2.24) is 16.0 Å². The fraction of sp³-hybridized carbons (Fsp3) is 0.577. The molecular weight excluding hydrogens is 492 g/mol. The highest BCUT2D eigenvalue weighted by Crippen LogP contribution is 2.10. The summed E-state index contributed by atoms with van der Waals surface area (Å²) in [4.78, 5) is 61.6. The molecule has 212 valence electrons. The number of carboxylic acid groups (broad SMARTS) is 1. The second-order valence-corrected chi connectivity index (χ2v) is 9.74. The average Bonchev–Trinajstić information content (AvgIpc) is 2.85. The predicted molar refractivity (Wildman–Crippen MR) is 142 cm³/mol. The Balaban J connectivity index is 2.96. The van der Waals surface area contributed by atoms with Crippen LogP contribution in [0.1, 0.15) is 57.9 Å². The molecule has 0 radical (unpaired) electrons. The molecule has 12 nitrogen and oxygen atoms in total. The van der Waals surface area contributed by atoms with Gasteiger partial charge in [0.15, 0.2) is 0 Å². The van der Waals surface area contributed by atoms with Crippen molar-refractivity contribution >= 4 is 29.6 Å². The van der Waals surface area contributed by atoms with E-state index in [1.807, 2.05) is 44.2 Å². The standard InChI is InChI=1S/C26H42N6O6/c1-16(2)14-21(25(36)31-20(26(37)38)11-12-22(29)33)32-24(35)19(10-6-7-13-27)30-23(34)18(28)15-17-8-4-3-5-9-17/h3-5,8-9,16,18-21H,6-7,10-15,27-28H2,1-2H3,(H2,29,33)(H,30,34)(H,31,36)(H,32,35)(H,37,38). The van der Waals surface area contributed by atoms with Gasteiger partial charge in [-0.15, -0.1) is 0 Å². The SMILES string of the molecule is CC(C)CC(NC(=O)C(CCCCN)NC(=O)C(N)Cc1ccccc1)C(=O)NC(CCC(N)=O)C(=O)O. The van der Waals surface area contributed by atoms with Gasteiger partial charge >= 0.3 is 5.97 Å². The van der Waals surface area contributed by atoms with Crippen LogP contribution in [-0.4, -0.2) is 65.4 Å². The summed E-state index contributed by atoms with van der Waals surface area (Å²) in [5, 5.41) is 17.1. The largest absolute Gasteiger partial charge is 0.480 e. The molecule has 0 spiro atoms. The van der Waals surface area contributed by atoms with Gasteiger partial charge in [0.1, 0.15) is 18.1 Å². The van der Waals surface area contributed by atoms with Gasteiger partial charge in [-0.05, 0) is 56.6 Å². The molecule has 0 fully saturated rings. The lowest BCUT2D eigenvalue weighted by atomic mass is 10.0. The van der Waals surface area contributed by atoms with Crippen LogP contribution in [0, 0.1) is 5.92 Å². The van der Waals surface area contributed by atoms with Crippen LogP contribution in [-0.2, 0) is 30.4 Å². The summed E-state index contributed by atoms with van der Waals surface area (Å²) >= 11 is 0. The molecule has 1 aromatic rings. The zero-order valence-electron chi connectivity index (χ0n) is 22.2. The van der Waals surface area contributed by atoms with Crippen molar-refractivity contribution in [3.05, 3.63) is 35.9 Å². The highest BCUT2D eigenvalue weighted by atomic mass is 16.4. The first kappa shape index (κ1) is 32.5. The summed E-state index contributed by atoms with van der Waals surface area (Å²) < 4.78 is 0. The minimum atomic E-state index is -1.35. The molecule has 4 amide bonds. The van der Waals surface area contributed by atoms with Crippen LogP contribution in [0.3, 0.4) is 0 Å². The van der Waals surface area contributed by atoms with Crippen molar-refractivity contribution in [1.29, 1.82) is 0 Å². The number of rotatable bonds is 18. The van der Waals surface area contributed by atoms with Crippen molar-refractivity contribution < 1.29 is 29.1 Å². The first-order chi connectivity index (χ1) is 17.9. The van der Waals surface area contributed by atoms with Crippen LogP contribution in [0.2, 0.25) is 0 Å². The normalized spacial score (nSPS) is 14.1. The van der Waals surface area contributed by atoms with E-state index < -0.39 is 53.8 Å². The Bertz CT molecular complexity index is 926. The van der Waals surface area contributed by atoms with Crippen molar-refractivity contribution in [2.24, 2.45) is 23.1 Å². The number of unbranched alkanes of at least 4 members (excludes halogenated alkanes) is 1. The summed E-state index contributed by atoms with van der Waals surface area (Å²) in [5.74, 6) is -3.86. The topological polar surface area (TPSA) is 220 Å². The van der Waals surface area contributed by atoms with E-state index in [2.05, 4.69) is 16.0 Å². The van der Waals surface area contributed by atoms with Crippen molar-refractivity contribution in [2.75, 3.05) is 6.54 Å². The van der Waals surface area contributed by atoms with Crippen LogP contribution in [0.4, 0.5) is 0 Å². The number of carboxylic acids is 1. The number of nitrogens with two attached hydrogens (primary N) is 3. The van der Waals surface area contributed by atoms with Crippen molar-refractivity contribution in [3.8, 4) is 0 Å². The Kier molecular flexibility index (Phi) is 14.6. The van der Waals surface area contributed by atoms with Gasteiger partial charge in [0.2, 0.25) is 23.6 Å².